The molecule has 2 heteroatoms. The lowest BCUT2D eigenvalue weighted by Gasteiger charge is -1.98. The standard InChI is InChI=1S/C15H11ClO/c1-10-6-8-11(9-7-10)15-14(16)12-4-2-3-5-13(12)17-15/h2-9H,1H3. The lowest BCUT2D eigenvalue weighted by atomic mass is 10.1. The fourth-order valence-corrected chi connectivity index (χ4v) is 2.21. The lowest BCUT2D eigenvalue weighted by Crippen LogP contribution is -1.75. The number of benzene rings is 2. The monoisotopic (exact) mass is 242 g/mol. The molecule has 17 heavy (non-hydrogen) atoms. The fourth-order valence-electron chi connectivity index (χ4n) is 1.90. The van der Waals surface area contributed by atoms with Gasteiger partial charge in [-0.15, -0.1) is 0 Å². The second-order valence-corrected chi connectivity index (χ2v) is 4.49. The number of fused-ring (bicyclic) bond motifs is 1. The van der Waals surface area contributed by atoms with Crippen LogP contribution in [0.15, 0.2) is 52.9 Å². The summed E-state index contributed by atoms with van der Waals surface area (Å²) in [7, 11) is 0. The molecule has 1 heterocycles. The summed E-state index contributed by atoms with van der Waals surface area (Å²) in [5, 5.41) is 1.65. The van der Waals surface area contributed by atoms with Crippen LogP contribution in [0.4, 0.5) is 0 Å². The van der Waals surface area contributed by atoms with Gasteiger partial charge in [-0.3, -0.25) is 0 Å². The first-order valence-corrected chi connectivity index (χ1v) is 5.87. The Bertz CT molecular complexity index is 665. The molecule has 2 aromatic carbocycles. The predicted octanol–water partition coefficient (Wildman–Crippen LogP) is 5.06. The highest BCUT2D eigenvalue weighted by atomic mass is 35.5. The molecule has 0 N–H and O–H groups in total. The van der Waals surface area contributed by atoms with E-state index >= 15 is 0 Å². The van der Waals surface area contributed by atoms with Crippen LogP contribution in [0.3, 0.4) is 0 Å². The van der Waals surface area contributed by atoms with Crippen LogP contribution < -0.4 is 0 Å². The molecular weight excluding hydrogens is 232 g/mol. The summed E-state index contributed by atoms with van der Waals surface area (Å²) in [6.07, 6.45) is 0. The molecular formula is C15H11ClO. The Balaban J connectivity index is 2.24. The van der Waals surface area contributed by atoms with Crippen molar-refractivity contribution in [3.63, 3.8) is 0 Å². The Hall–Kier alpha value is -1.73. The highest BCUT2D eigenvalue weighted by Gasteiger charge is 2.13. The summed E-state index contributed by atoms with van der Waals surface area (Å²) in [5.41, 5.74) is 3.06. The quantitative estimate of drug-likeness (QED) is 0.581. The minimum absolute atomic E-state index is 0.685. The second kappa shape index (κ2) is 3.94. The Morgan fingerprint density at radius 2 is 1.65 bits per heavy atom. The van der Waals surface area contributed by atoms with E-state index in [-0.39, 0.29) is 0 Å². The van der Waals surface area contributed by atoms with Crippen LogP contribution in [0.25, 0.3) is 22.3 Å². The molecule has 0 aliphatic carbocycles. The molecule has 3 rings (SSSR count). The largest absolute Gasteiger partial charge is 0.454 e. The van der Waals surface area contributed by atoms with E-state index in [2.05, 4.69) is 19.1 Å². The first-order valence-electron chi connectivity index (χ1n) is 5.50. The maximum atomic E-state index is 6.34. The third-order valence-electron chi connectivity index (χ3n) is 2.85. The van der Waals surface area contributed by atoms with Gasteiger partial charge in [0.1, 0.15) is 5.58 Å². The second-order valence-electron chi connectivity index (χ2n) is 4.11. The average Bonchev–Trinajstić information content (AvgIpc) is 2.69. The molecule has 0 saturated carbocycles. The summed E-state index contributed by atoms with van der Waals surface area (Å²) in [6, 6.07) is 16.0. The van der Waals surface area contributed by atoms with Gasteiger partial charge in [0.2, 0.25) is 0 Å². The molecule has 0 unspecified atom stereocenters. The van der Waals surface area contributed by atoms with Gasteiger partial charge >= 0.3 is 0 Å². The minimum Gasteiger partial charge on any atom is -0.454 e. The molecule has 0 saturated heterocycles. The molecule has 0 aliphatic heterocycles. The zero-order valence-electron chi connectivity index (χ0n) is 9.41. The summed E-state index contributed by atoms with van der Waals surface area (Å²) in [6.45, 7) is 2.06. The van der Waals surface area contributed by atoms with Crippen molar-refractivity contribution in [2.45, 2.75) is 6.92 Å². The number of hydrogen-bond acceptors (Lipinski definition) is 1. The van der Waals surface area contributed by atoms with E-state index in [9.17, 15) is 0 Å². The van der Waals surface area contributed by atoms with Gasteiger partial charge in [0.15, 0.2) is 5.76 Å². The van der Waals surface area contributed by atoms with Crippen molar-refractivity contribution in [2.24, 2.45) is 0 Å². The first-order chi connectivity index (χ1) is 8.25. The highest BCUT2D eigenvalue weighted by Crippen LogP contribution is 2.37. The van der Waals surface area contributed by atoms with Crippen molar-refractivity contribution < 1.29 is 4.42 Å². The zero-order valence-corrected chi connectivity index (χ0v) is 10.2. The van der Waals surface area contributed by atoms with Crippen LogP contribution in [-0.4, -0.2) is 0 Å². The third-order valence-corrected chi connectivity index (χ3v) is 3.22. The molecule has 3 aromatic rings. The highest BCUT2D eigenvalue weighted by molar-refractivity contribution is 6.37. The number of aryl methyl sites for hydroxylation is 1. The number of halogens is 1. The first kappa shape index (κ1) is 10.4. The molecule has 0 bridgehead atoms. The van der Waals surface area contributed by atoms with Crippen LogP contribution in [0.5, 0.6) is 0 Å². The van der Waals surface area contributed by atoms with Gasteiger partial charge in [-0.2, -0.15) is 0 Å². The molecule has 84 valence electrons. The molecule has 0 fully saturated rings. The van der Waals surface area contributed by atoms with Crippen LogP contribution in [-0.2, 0) is 0 Å². The van der Waals surface area contributed by atoms with Gasteiger partial charge in [0.25, 0.3) is 0 Å². The molecule has 0 amide bonds. The van der Waals surface area contributed by atoms with Gasteiger partial charge in [-0.1, -0.05) is 53.6 Å². The third kappa shape index (κ3) is 1.73. The van der Waals surface area contributed by atoms with E-state index in [0.717, 1.165) is 22.3 Å². The topological polar surface area (TPSA) is 13.1 Å². The fraction of sp³-hybridized carbons (Fsp3) is 0.0667. The number of furan rings is 1. The molecule has 0 radical (unpaired) electrons. The maximum absolute atomic E-state index is 6.34. The SMILES string of the molecule is Cc1ccc(-c2oc3ccccc3c2Cl)cc1. The van der Waals surface area contributed by atoms with Crippen LogP contribution in [0, 0.1) is 6.92 Å². The van der Waals surface area contributed by atoms with Gasteiger partial charge < -0.3 is 4.42 Å². The van der Waals surface area contributed by atoms with Crippen LogP contribution in [0.1, 0.15) is 5.56 Å². The van der Waals surface area contributed by atoms with Gasteiger partial charge in [0, 0.05) is 10.9 Å². The summed E-state index contributed by atoms with van der Waals surface area (Å²) >= 11 is 6.34. The number of hydrogen-bond donors (Lipinski definition) is 0. The van der Waals surface area contributed by atoms with Crippen LogP contribution >= 0.6 is 11.6 Å². The number of rotatable bonds is 1. The Labute approximate surface area is 105 Å². The zero-order chi connectivity index (χ0) is 11.8. The van der Waals surface area contributed by atoms with Crippen molar-refractivity contribution in [2.75, 3.05) is 0 Å². The van der Waals surface area contributed by atoms with E-state index in [1.54, 1.807) is 0 Å². The number of para-hydroxylation sites is 1. The Kier molecular flexibility index (Phi) is 2.41. The van der Waals surface area contributed by atoms with Crippen LogP contribution in [0.2, 0.25) is 5.02 Å². The summed E-state index contributed by atoms with van der Waals surface area (Å²) in [4.78, 5) is 0. The lowest BCUT2D eigenvalue weighted by molar-refractivity contribution is 0.631. The van der Waals surface area contributed by atoms with E-state index in [4.69, 9.17) is 16.0 Å². The van der Waals surface area contributed by atoms with Crippen molar-refractivity contribution >= 4 is 22.6 Å². The normalized spacial score (nSPS) is 10.9. The Morgan fingerprint density at radius 1 is 0.941 bits per heavy atom. The summed E-state index contributed by atoms with van der Waals surface area (Å²) in [5.74, 6) is 0.743. The predicted molar refractivity (Wildman–Crippen MR) is 71.4 cm³/mol. The van der Waals surface area contributed by atoms with Gasteiger partial charge in [-0.25, -0.2) is 0 Å². The molecule has 0 spiro atoms. The van der Waals surface area contributed by atoms with Crippen molar-refractivity contribution in [3.8, 4) is 11.3 Å². The minimum atomic E-state index is 0.685. The average molecular weight is 243 g/mol. The van der Waals surface area contributed by atoms with Crippen molar-refractivity contribution in [3.05, 3.63) is 59.1 Å². The van der Waals surface area contributed by atoms with E-state index in [1.807, 2.05) is 36.4 Å². The molecule has 1 nitrogen and oxygen atoms in total. The van der Waals surface area contributed by atoms with Gasteiger partial charge in [0.05, 0.1) is 5.02 Å². The van der Waals surface area contributed by atoms with E-state index in [0.29, 0.717) is 5.02 Å². The Morgan fingerprint density at radius 3 is 2.35 bits per heavy atom. The van der Waals surface area contributed by atoms with Crippen molar-refractivity contribution in [1.29, 1.82) is 0 Å². The summed E-state index contributed by atoms with van der Waals surface area (Å²) < 4.78 is 5.79. The van der Waals surface area contributed by atoms with Crippen molar-refractivity contribution in [1.82, 2.24) is 0 Å². The molecule has 0 atom stereocenters. The molecule has 0 aliphatic rings. The maximum Gasteiger partial charge on any atom is 0.154 e. The van der Waals surface area contributed by atoms with Gasteiger partial charge in [-0.05, 0) is 19.1 Å². The smallest absolute Gasteiger partial charge is 0.154 e. The van der Waals surface area contributed by atoms with E-state index < -0.39 is 0 Å². The molecule has 1 aromatic heterocycles. The van der Waals surface area contributed by atoms with E-state index in [1.165, 1.54) is 5.56 Å².